The summed E-state index contributed by atoms with van der Waals surface area (Å²) in [4.78, 5) is 4.28. The second-order valence-corrected chi connectivity index (χ2v) is 6.83. The Morgan fingerprint density at radius 2 is 1.93 bits per heavy atom. The molecule has 1 aliphatic carbocycles. The summed E-state index contributed by atoms with van der Waals surface area (Å²) in [5.41, 5.74) is 0.950. The zero-order valence-electron chi connectivity index (χ0n) is 17.2. The predicted molar refractivity (Wildman–Crippen MR) is 126 cm³/mol. The lowest BCUT2D eigenvalue weighted by atomic mass is 9.98. The van der Waals surface area contributed by atoms with Gasteiger partial charge in [-0.3, -0.25) is 4.99 Å². The SMILES string of the molecule is CN=C(NCCCOC1CCCCC1)Nc1cccc(OCCCOC)c1.I. The van der Waals surface area contributed by atoms with E-state index in [2.05, 4.69) is 15.6 Å². The quantitative estimate of drug-likeness (QED) is 0.202. The van der Waals surface area contributed by atoms with Gasteiger partial charge in [0, 0.05) is 52.1 Å². The molecular weight excluding hydrogens is 469 g/mol. The van der Waals surface area contributed by atoms with Crippen LogP contribution in [-0.4, -0.2) is 52.6 Å². The minimum atomic E-state index is 0. The minimum absolute atomic E-state index is 0. The Bertz CT molecular complexity index is 551. The minimum Gasteiger partial charge on any atom is -0.493 e. The number of hydrogen-bond acceptors (Lipinski definition) is 4. The molecule has 0 saturated heterocycles. The zero-order valence-corrected chi connectivity index (χ0v) is 19.6. The molecule has 0 aliphatic heterocycles. The first kappa shape index (κ1) is 25.0. The van der Waals surface area contributed by atoms with Gasteiger partial charge in [-0.1, -0.05) is 25.3 Å². The smallest absolute Gasteiger partial charge is 0.195 e. The predicted octanol–water partition coefficient (Wildman–Crippen LogP) is 4.45. The van der Waals surface area contributed by atoms with Crippen molar-refractivity contribution in [2.45, 2.75) is 51.0 Å². The summed E-state index contributed by atoms with van der Waals surface area (Å²) in [7, 11) is 3.48. The number of anilines is 1. The van der Waals surface area contributed by atoms with Gasteiger partial charge in [0.1, 0.15) is 5.75 Å². The highest BCUT2D eigenvalue weighted by atomic mass is 127. The third-order valence-corrected chi connectivity index (χ3v) is 4.60. The van der Waals surface area contributed by atoms with Gasteiger partial charge in [-0.15, -0.1) is 24.0 Å². The average Bonchev–Trinajstić information content (AvgIpc) is 2.71. The maximum atomic E-state index is 5.96. The third-order valence-electron chi connectivity index (χ3n) is 4.60. The molecule has 160 valence electrons. The van der Waals surface area contributed by atoms with Gasteiger partial charge in [-0.2, -0.15) is 0 Å². The molecule has 0 unspecified atom stereocenters. The standard InChI is InChI=1S/C21H35N3O3.HI/c1-22-21(23-13-7-15-26-19-10-4-3-5-11-19)24-18-9-6-12-20(17-18)27-16-8-14-25-2;/h6,9,12,17,19H,3-5,7-8,10-11,13-16H2,1-2H3,(H2,22,23,24);1H. The van der Waals surface area contributed by atoms with Crippen LogP contribution >= 0.6 is 24.0 Å². The van der Waals surface area contributed by atoms with Gasteiger partial charge in [-0.05, 0) is 31.4 Å². The van der Waals surface area contributed by atoms with E-state index in [9.17, 15) is 0 Å². The van der Waals surface area contributed by atoms with Gasteiger partial charge < -0.3 is 24.8 Å². The van der Waals surface area contributed by atoms with Gasteiger partial charge in [0.15, 0.2) is 5.96 Å². The molecule has 1 aromatic rings. The fourth-order valence-electron chi connectivity index (χ4n) is 3.13. The number of hydrogen-bond donors (Lipinski definition) is 2. The van der Waals surface area contributed by atoms with E-state index in [1.807, 2.05) is 24.3 Å². The molecule has 6 nitrogen and oxygen atoms in total. The Balaban J connectivity index is 0.00000392. The molecule has 0 atom stereocenters. The molecule has 0 aromatic heterocycles. The Morgan fingerprint density at radius 1 is 1.11 bits per heavy atom. The summed E-state index contributed by atoms with van der Waals surface area (Å²) in [5, 5.41) is 6.64. The van der Waals surface area contributed by atoms with Crippen molar-refractivity contribution in [2.24, 2.45) is 4.99 Å². The number of rotatable bonds is 11. The molecule has 0 bridgehead atoms. The number of nitrogens with one attached hydrogen (secondary N) is 2. The first-order valence-electron chi connectivity index (χ1n) is 10.1. The maximum absolute atomic E-state index is 5.96. The molecule has 7 heteroatoms. The van der Waals surface area contributed by atoms with Gasteiger partial charge in [0.2, 0.25) is 0 Å². The molecule has 2 rings (SSSR count). The summed E-state index contributed by atoms with van der Waals surface area (Å²) in [6.07, 6.45) is 8.76. The van der Waals surface area contributed by atoms with E-state index in [4.69, 9.17) is 14.2 Å². The summed E-state index contributed by atoms with van der Waals surface area (Å²) in [5.74, 6) is 1.59. The molecule has 1 saturated carbocycles. The van der Waals surface area contributed by atoms with Crippen LogP contribution in [0.4, 0.5) is 5.69 Å². The van der Waals surface area contributed by atoms with Crippen LogP contribution in [0, 0.1) is 0 Å². The highest BCUT2D eigenvalue weighted by Crippen LogP contribution is 2.20. The average molecular weight is 505 g/mol. The molecule has 0 amide bonds. The highest BCUT2D eigenvalue weighted by molar-refractivity contribution is 14.0. The Morgan fingerprint density at radius 3 is 2.68 bits per heavy atom. The van der Waals surface area contributed by atoms with E-state index in [0.29, 0.717) is 19.3 Å². The lowest BCUT2D eigenvalue weighted by Crippen LogP contribution is -2.32. The molecular formula is C21H36IN3O3. The number of guanidine groups is 1. The normalized spacial score (nSPS) is 15.0. The van der Waals surface area contributed by atoms with Crippen molar-refractivity contribution in [2.75, 3.05) is 45.8 Å². The van der Waals surface area contributed by atoms with E-state index >= 15 is 0 Å². The number of nitrogens with zero attached hydrogens (tertiary/aromatic N) is 1. The Kier molecular flexibility index (Phi) is 14.1. The molecule has 1 aromatic carbocycles. The number of benzene rings is 1. The topological polar surface area (TPSA) is 64.1 Å². The maximum Gasteiger partial charge on any atom is 0.195 e. The van der Waals surface area contributed by atoms with Gasteiger partial charge in [-0.25, -0.2) is 0 Å². The van der Waals surface area contributed by atoms with E-state index in [0.717, 1.165) is 43.4 Å². The summed E-state index contributed by atoms with van der Waals surface area (Å²) in [6.45, 7) is 2.99. The lowest BCUT2D eigenvalue weighted by Gasteiger charge is -2.22. The van der Waals surface area contributed by atoms with Crippen LogP contribution in [0.5, 0.6) is 5.75 Å². The van der Waals surface area contributed by atoms with Crippen molar-refractivity contribution >= 4 is 35.6 Å². The molecule has 2 N–H and O–H groups in total. The van der Waals surface area contributed by atoms with Gasteiger partial charge in [0.25, 0.3) is 0 Å². The lowest BCUT2D eigenvalue weighted by molar-refractivity contribution is 0.0277. The first-order chi connectivity index (χ1) is 13.3. The molecule has 1 aliphatic rings. The summed E-state index contributed by atoms with van der Waals surface area (Å²) in [6, 6.07) is 7.91. The van der Waals surface area contributed by atoms with Crippen molar-refractivity contribution in [3.8, 4) is 5.75 Å². The molecule has 1 fully saturated rings. The number of ether oxygens (including phenoxy) is 3. The van der Waals surface area contributed by atoms with Crippen LogP contribution in [0.15, 0.2) is 29.3 Å². The van der Waals surface area contributed by atoms with Crippen LogP contribution < -0.4 is 15.4 Å². The third kappa shape index (κ3) is 10.5. The van der Waals surface area contributed by atoms with Crippen LogP contribution in [0.2, 0.25) is 0 Å². The first-order valence-corrected chi connectivity index (χ1v) is 10.1. The van der Waals surface area contributed by atoms with Crippen LogP contribution in [-0.2, 0) is 9.47 Å². The van der Waals surface area contributed by atoms with Crippen molar-refractivity contribution < 1.29 is 14.2 Å². The van der Waals surface area contributed by atoms with E-state index < -0.39 is 0 Å². The van der Waals surface area contributed by atoms with Crippen LogP contribution in [0.25, 0.3) is 0 Å². The summed E-state index contributed by atoms with van der Waals surface area (Å²) < 4.78 is 16.7. The van der Waals surface area contributed by atoms with Crippen molar-refractivity contribution in [1.29, 1.82) is 0 Å². The molecule has 0 heterocycles. The Hall–Kier alpha value is -1.06. The fraction of sp³-hybridized carbons (Fsp3) is 0.667. The fourth-order valence-corrected chi connectivity index (χ4v) is 3.13. The van der Waals surface area contributed by atoms with Crippen molar-refractivity contribution in [3.63, 3.8) is 0 Å². The van der Waals surface area contributed by atoms with Crippen molar-refractivity contribution in [1.82, 2.24) is 5.32 Å². The number of aliphatic imine (C=N–C) groups is 1. The summed E-state index contributed by atoms with van der Waals surface area (Å²) >= 11 is 0. The largest absolute Gasteiger partial charge is 0.493 e. The number of methoxy groups -OCH3 is 1. The van der Waals surface area contributed by atoms with Crippen LogP contribution in [0.1, 0.15) is 44.9 Å². The monoisotopic (exact) mass is 505 g/mol. The molecule has 0 radical (unpaired) electrons. The second-order valence-electron chi connectivity index (χ2n) is 6.83. The van der Waals surface area contributed by atoms with Gasteiger partial charge in [0.05, 0.1) is 12.7 Å². The highest BCUT2D eigenvalue weighted by Gasteiger charge is 2.13. The van der Waals surface area contributed by atoms with Crippen molar-refractivity contribution in [3.05, 3.63) is 24.3 Å². The van der Waals surface area contributed by atoms with E-state index in [1.54, 1.807) is 14.2 Å². The van der Waals surface area contributed by atoms with E-state index in [-0.39, 0.29) is 24.0 Å². The molecule has 28 heavy (non-hydrogen) atoms. The second kappa shape index (κ2) is 15.8. The molecule has 0 spiro atoms. The Labute approximate surface area is 186 Å². The van der Waals surface area contributed by atoms with Gasteiger partial charge >= 0.3 is 0 Å². The van der Waals surface area contributed by atoms with E-state index in [1.165, 1.54) is 32.1 Å². The zero-order chi connectivity index (χ0) is 19.2. The van der Waals surface area contributed by atoms with Crippen LogP contribution in [0.3, 0.4) is 0 Å². The number of halogens is 1.